The van der Waals surface area contributed by atoms with Gasteiger partial charge in [0.15, 0.2) is 0 Å². The molecule has 0 aliphatic heterocycles. The number of fused-ring (bicyclic) bond motifs is 1. The van der Waals surface area contributed by atoms with E-state index in [1.165, 1.54) is 12.7 Å². The van der Waals surface area contributed by atoms with Crippen molar-refractivity contribution in [3.8, 4) is 17.2 Å². The van der Waals surface area contributed by atoms with Crippen molar-refractivity contribution in [2.45, 2.75) is 96.7 Å². The van der Waals surface area contributed by atoms with Crippen molar-refractivity contribution < 1.29 is 33.3 Å². The van der Waals surface area contributed by atoms with Gasteiger partial charge in [-0.1, -0.05) is 50.6 Å². The van der Waals surface area contributed by atoms with Crippen LogP contribution in [0.2, 0.25) is 23.2 Å². The fourth-order valence-electron chi connectivity index (χ4n) is 5.25. The van der Waals surface area contributed by atoms with Crippen molar-refractivity contribution in [3.63, 3.8) is 0 Å². The predicted molar refractivity (Wildman–Crippen MR) is 187 cm³/mol. The Labute approximate surface area is 285 Å². The van der Waals surface area contributed by atoms with Crippen molar-refractivity contribution in [2.24, 2.45) is 0 Å². The lowest BCUT2D eigenvalue weighted by molar-refractivity contribution is 0.00194. The van der Waals surface area contributed by atoms with Crippen LogP contribution in [0.4, 0.5) is 4.79 Å². The van der Waals surface area contributed by atoms with E-state index < -0.39 is 32.1 Å². The number of ether oxygens (including phenoxy) is 3. The minimum atomic E-state index is -2.20. The van der Waals surface area contributed by atoms with Gasteiger partial charge in [0.25, 0.3) is 0 Å². The quantitative estimate of drug-likeness (QED) is 0.178. The Morgan fingerprint density at radius 1 is 0.957 bits per heavy atom. The number of amides is 1. The second kappa shape index (κ2) is 14.3. The second-order valence-electron chi connectivity index (χ2n) is 14.7. The molecule has 0 aromatic heterocycles. The molecule has 0 heterocycles. The number of aliphatic hydroxyl groups excluding tert-OH is 1. The van der Waals surface area contributed by atoms with Crippen molar-refractivity contribution in [1.82, 2.24) is 4.90 Å². The van der Waals surface area contributed by atoms with Gasteiger partial charge in [0.2, 0.25) is 8.32 Å². The third-order valence-electron chi connectivity index (χ3n) is 8.77. The predicted octanol–water partition coefficient (Wildman–Crippen LogP) is 9.13. The summed E-state index contributed by atoms with van der Waals surface area (Å²) in [5.74, 6) is 1.12. The Bertz CT molecular complexity index is 1590. The molecule has 47 heavy (non-hydrogen) atoms. The smallest absolute Gasteiger partial charge is 0.410 e. The molecule has 8 nitrogen and oxygen atoms in total. The van der Waals surface area contributed by atoms with Gasteiger partial charge in [-0.05, 0) is 111 Å². The van der Waals surface area contributed by atoms with E-state index in [0.29, 0.717) is 46.2 Å². The van der Waals surface area contributed by atoms with Crippen molar-refractivity contribution >= 4 is 32.0 Å². The second-order valence-corrected chi connectivity index (χ2v) is 19.8. The van der Waals surface area contributed by atoms with E-state index in [1.54, 1.807) is 47.4 Å². The van der Waals surface area contributed by atoms with Crippen LogP contribution in [0.1, 0.15) is 81.1 Å². The fourth-order valence-corrected chi connectivity index (χ4v) is 6.46. The number of hydrogen-bond donors (Lipinski definition) is 1. The van der Waals surface area contributed by atoms with Gasteiger partial charge in [-0.15, -0.1) is 0 Å². The van der Waals surface area contributed by atoms with E-state index in [2.05, 4.69) is 33.9 Å². The molecule has 1 aliphatic carbocycles. The van der Waals surface area contributed by atoms with Crippen molar-refractivity contribution in [2.75, 3.05) is 13.7 Å². The molecule has 0 saturated carbocycles. The molecule has 1 aliphatic rings. The number of halogens is 1. The molecule has 0 saturated heterocycles. The van der Waals surface area contributed by atoms with Crippen molar-refractivity contribution in [1.29, 1.82) is 0 Å². The van der Waals surface area contributed by atoms with E-state index in [0.717, 1.165) is 12.0 Å². The summed E-state index contributed by atoms with van der Waals surface area (Å²) < 4.78 is 23.6. The Kier molecular flexibility index (Phi) is 11.0. The zero-order valence-electron chi connectivity index (χ0n) is 29.0. The molecule has 0 bridgehead atoms. The molecule has 10 heteroatoms. The number of aryl methyl sites for hydroxylation is 1. The zero-order chi connectivity index (χ0) is 34.7. The number of aliphatic hydroxyl groups is 1. The van der Waals surface area contributed by atoms with Gasteiger partial charge in [-0.2, -0.15) is 0 Å². The molecular weight excluding hydrogens is 634 g/mol. The summed E-state index contributed by atoms with van der Waals surface area (Å²) in [7, 11) is -0.856. The fraction of sp³-hybridized carbons (Fsp3) is 0.459. The number of carbonyl (C=O) groups excluding carboxylic acids is 2. The number of nitrogens with zero attached hydrogens (tertiary/aromatic N) is 1. The van der Waals surface area contributed by atoms with Crippen LogP contribution < -0.4 is 9.16 Å². The first-order valence-electron chi connectivity index (χ1n) is 16.0. The molecular formula is C37H48ClNO7Si. The van der Waals surface area contributed by atoms with Crippen LogP contribution in [0, 0.1) is 0 Å². The van der Waals surface area contributed by atoms with Gasteiger partial charge in [0.1, 0.15) is 22.8 Å². The highest BCUT2D eigenvalue weighted by Gasteiger charge is 2.39. The average molecular weight is 682 g/mol. The highest BCUT2D eigenvalue weighted by molar-refractivity contribution is 6.74. The lowest BCUT2D eigenvalue weighted by Crippen LogP contribution is -2.47. The third-order valence-corrected chi connectivity index (χ3v) is 13.4. The van der Waals surface area contributed by atoms with E-state index in [4.69, 9.17) is 30.2 Å². The maximum absolute atomic E-state index is 13.5. The van der Waals surface area contributed by atoms with Crippen LogP contribution in [0.3, 0.4) is 0 Å². The van der Waals surface area contributed by atoms with Crippen LogP contribution >= 0.6 is 11.6 Å². The van der Waals surface area contributed by atoms with Gasteiger partial charge in [-0.25, -0.2) is 9.59 Å². The molecule has 3 aromatic rings. The summed E-state index contributed by atoms with van der Waals surface area (Å²) in [6, 6.07) is 17.9. The number of methoxy groups -OCH3 is 1. The standard InChI is InChI=1S/C37H48ClNO7Si/c1-36(2,3)45-35(42)39(23-33(40)25-11-10-12-28(38)17-25)29-15-13-24-14-16-30(19-26(24)18-29)44-31-20-27(34(41)43-7)21-32(22-31)46-47(8,9)37(4,5)6/h10-12,14,16-17,19-22,29,33,40H,13,15,18,23H2,1-9H3/t29-,33-/m0/s1. The molecule has 2 atom stereocenters. The minimum Gasteiger partial charge on any atom is -0.543 e. The van der Waals surface area contributed by atoms with Crippen LogP contribution in [-0.4, -0.2) is 55.7 Å². The zero-order valence-corrected chi connectivity index (χ0v) is 30.7. The Morgan fingerprint density at radius 2 is 1.66 bits per heavy atom. The van der Waals surface area contributed by atoms with Crippen molar-refractivity contribution in [3.05, 3.63) is 87.9 Å². The third kappa shape index (κ3) is 9.52. The molecule has 3 aromatic carbocycles. The van der Waals surface area contributed by atoms with E-state index in [-0.39, 0.29) is 17.6 Å². The van der Waals surface area contributed by atoms with Crippen LogP contribution in [0.15, 0.2) is 60.7 Å². The Balaban J connectivity index is 1.60. The monoisotopic (exact) mass is 681 g/mol. The summed E-state index contributed by atoms with van der Waals surface area (Å²) in [6.45, 7) is 16.3. The molecule has 4 rings (SSSR count). The first-order valence-corrected chi connectivity index (χ1v) is 19.3. The number of rotatable bonds is 9. The molecule has 0 unspecified atom stereocenters. The maximum atomic E-state index is 13.5. The van der Waals surface area contributed by atoms with Crippen LogP contribution in [0.25, 0.3) is 0 Å². The molecule has 1 N–H and O–H groups in total. The number of carbonyl (C=O) groups is 2. The van der Waals surface area contributed by atoms with Gasteiger partial charge < -0.3 is 28.6 Å². The van der Waals surface area contributed by atoms with E-state index in [9.17, 15) is 14.7 Å². The average Bonchev–Trinajstić information content (AvgIpc) is 2.97. The van der Waals surface area contributed by atoms with E-state index in [1.807, 2.05) is 39.0 Å². The largest absolute Gasteiger partial charge is 0.543 e. The molecule has 0 spiro atoms. The highest BCUT2D eigenvalue weighted by atomic mass is 35.5. The van der Waals surface area contributed by atoms with Gasteiger partial charge in [0.05, 0.1) is 25.3 Å². The summed E-state index contributed by atoms with van der Waals surface area (Å²) in [5, 5.41) is 11.6. The summed E-state index contributed by atoms with van der Waals surface area (Å²) in [4.78, 5) is 27.7. The number of benzene rings is 3. The number of esters is 1. The molecule has 1 amide bonds. The van der Waals surface area contributed by atoms with Crippen LogP contribution in [0.5, 0.6) is 17.2 Å². The minimum absolute atomic E-state index is 0.0400. The maximum Gasteiger partial charge on any atom is 0.410 e. The summed E-state index contributed by atoms with van der Waals surface area (Å²) in [6.07, 6.45) is 0.588. The Morgan fingerprint density at radius 3 is 2.30 bits per heavy atom. The van der Waals surface area contributed by atoms with Gasteiger partial charge in [-0.3, -0.25) is 0 Å². The Hall–Kier alpha value is -3.53. The topological polar surface area (TPSA) is 94.5 Å². The lowest BCUT2D eigenvalue weighted by Gasteiger charge is -2.37. The van der Waals surface area contributed by atoms with Crippen LogP contribution in [-0.2, 0) is 22.3 Å². The van der Waals surface area contributed by atoms with Gasteiger partial charge in [0, 0.05) is 17.1 Å². The van der Waals surface area contributed by atoms with Gasteiger partial charge >= 0.3 is 12.1 Å². The lowest BCUT2D eigenvalue weighted by atomic mass is 9.87. The first kappa shape index (κ1) is 36.3. The van der Waals surface area contributed by atoms with E-state index >= 15 is 0 Å². The SMILES string of the molecule is COC(=O)c1cc(Oc2ccc3c(c2)C[C@@H](N(C[C@H](O)c2cccc(Cl)c2)C(=O)OC(C)(C)C)CC3)cc(O[Si](C)(C)C(C)(C)C)c1. The molecule has 0 radical (unpaired) electrons. The number of hydrogen-bond acceptors (Lipinski definition) is 7. The molecule has 0 fully saturated rings. The molecule has 254 valence electrons. The highest BCUT2D eigenvalue weighted by Crippen LogP contribution is 2.39. The first-order chi connectivity index (χ1) is 21.8. The normalized spacial score (nSPS) is 15.7. The summed E-state index contributed by atoms with van der Waals surface area (Å²) in [5.41, 5.74) is 2.47. The summed E-state index contributed by atoms with van der Waals surface area (Å²) >= 11 is 6.18.